The molecule has 1 aromatic carbocycles. The fourth-order valence-corrected chi connectivity index (χ4v) is 0.988. The van der Waals surface area contributed by atoms with Crippen LogP contribution in [0.25, 0.3) is 0 Å². The summed E-state index contributed by atoms with van der Waals surface area (Å²) in [5.41, 5.74) is 0.0683. The van der Waals surface area contributed by atoms with Crippen LogP contribution in [0.2, 0.25) is 0 Å². The molecule has 0 aliphatic carbocycles. The first-order chi connectivity index (χ1) is 6.45. The number of aliphatic hydroxyl groups excluding tert-OH is 1. The molecule has 1 aromatic rings. The van der Waals surface area contributed by atoms with E-state index in [1.54, 1.807) is 0 Å². The minimum atomic E-state index is -4.66. The van der Waals surface area contributed by atoms with E-state index < -0.39 is 12.3 Å². The number of terminal acetylenes is 1. The Morgan fingerprint density at radius 3 is 2.50 bits per heavy atom. The number of aliphatic hydroxyl groups is 1. The van der Waals surface area contributed by atoms with Gasteiger partial charge in [-0.25, -0.2) is 0 Å². The molecule has 0 bridgehead atoms. The minimum Gasteiger partial charge on any atom is -0.379 e. The maximum atomic E-state index is 12.1. The fraction of sp³-hybridized carbons (Fsp3) is 0.200. The zero-order valence-corrected chi connectivity index (χ0v) is 7.05. The molecule has 4 heteroatoms. The van der Waals surface area contributed by atoms with Crippen molar-refractivity contribution >= 4 is 0 Å². The molecule has 0 saturated carbocycles. The van der Waals surface area contributed by atoms with Gasteiger partial charge in [0.2, 0.25) is 0 Å². The molecule has 0 fully saturated rings. The average Bonchev–Trinajstić information content (AvgIpc) is 2.15. The lowest BCUT2D eigenvalue weighted by atomic mass is 10.1. The first kappa shape index (κ1) is 10.6. The van der Waals surface area contributed by atoms with Gasteiger partial charge in [-0.3, -0.25) is 0 Å². The van der Waals surface area contributed by atoms with E-state index in [0.29, 0.717) is 5.56 Å². The molecule has 1 rings (SSSR count). The highest BCUT2D eigenvalue weighted by Gasteiger charge is 2.39. The Morgan fingerprint density at radius 2 is 2.00 bits per heavy atom. The molecule has 0 saturated heterocycles. The Bertz CT molecular complexity index is 362. The molecule has 0 amide bonds. The molecular weight excluding hydrogens is 193 g/mol. The lowest BCUT2D eigenvalue weighted by Gasteiger charge is -2.14. The second-order valence-electron chi connectivity index (χ2n) is 2.71. The second kappa shape index (κ2) is 3.72. The summed E-state index contributed by atoms with van der Waals surface area (Å²) in [7, 11) is 0. The van der Waals surface area contributed by atoms with Crippen molar-refractivity contribution in [2.75, 3.05) is 0 Å². The monoisotopic (exact) mass is 200 g/mol. The van der Waals surface area contributed by atoms with Crippen molar-refractivity contribution in [3.8, 4) is 12.3 Å². The van der Waals surface area contributed by atoms with Crippen LogP contribution >= 0.6 is 0 Å². The van der Waals surface area contributed by atoms with E-state index in [0.717, 1.165) is 6.07 Å². The van der Waals surface area contributed by atoms with Gasteiger partial charge in [0.05, 0.1) is 0 Å². The molecule has 1 nitrogen and oxygen atoms in total. The topological polar surface area (TPSA) is 20.2 Å². The number of rotatable bonds is 1. The highest BCUT2D eigenvalue weighted by atomic mass is 19.4. The van der Waals surface area contributed by atoms with Crippen LogP contribution < -0.4 is 0 Å². The molecule has 0 aliphatic rings. The summed E-state index contributed by atoms with van der Waals surface area (Å²) in [6.07, 6.45) is -2.12. The third-order valence-electron chi connectivity index (χ3n) is 1.68. The van der Waals surface area contributed by atoms with Crippen LogP contribution in [0.1, 0.15) is 17.2 Å². The van der Waals surface area contributed by atoms with E-state index in [2.05, 4.69) is 5.92 Å². The van der Waals surface area contributed by atoms with Crippen molar-refractivity contribution in [1.82, 2.24) is 0 Å². The summed E-state index contributed by atoms with van der Waals surface area (Å²) in [6, 6.07) is 5.18. The molecule has 0 aliphatic heterocycles. The van der Waals surface area contributed by atoms with Crippen molar-refractivity contribution in [1.29, 1.82) is 0 Å². The van der Waals surface area contributed by atoms with Crippen molar-refractivity contribution in [2.24, 2.45) is 0 Å². The largest absolute Gasteiger partial charge is 0.418 e. The van der Waals surface area contributed by atoms with Crippen LogP contribution in [0.15, 0.2) is 24.3 Å². The van der Waals surface area contributed by atoms with Gasteiger partial charge in [-0.1, -0.05) is 18.1 Å². The van der Waals surface area contributed by atoms with Gasteiger partial charge in [0.25, 0.3) is 0 Å². The van der Waals surface area contributed by atoms with Crippen LogP contribution in [0.5, 0.6) is 0 Å². The standard InChI is InChI=1S/C10H7F3O/c1-2-7-4-3-5-8(6-7)9(14)10(11,12)13/h1,3-6,9,14H/t9-/m1/s1. The highest BCUT2D eigenvalue weighted by Crippen LogP contribution is 2.32. The summed E-state index contributed by atoms with van der Waals surface area (Å²) in [4.78, 5) is 0. The van der Waals surface area contributed by atoms with E-state index in [9.17, 15) is 13.2 Å². The quantitative estimate of drug-likeness (QED) is 0.689. The van der Waals surface area contributed by atoms with Gasteiger partial charge in [0.15, 0.2) is 6.10 Å². The van der Waals surface area contributed by atoms with Gasteiger partial charge in [-0.05, 0) is 17.7 Å². The fourth-order valence-electron chi connectivity index (χ4n) is 0.988. The minimum absolute atomic E-state index is 0.243. The molecule has 0 radical (unpaired) electrons. The molecule has 0 heterocycles. The molecule has 0 unspecified atom stereocenters. The third kappa shape index (κ3) is 2.27. The number of alkyl halides is 3. The van der Waals surface area contributed by atoms with Crippen LogP contribution in [-0.2, 0) is 0 Å². The van der Waals surface area contributed by atoms with E-state index in [1.807, 2.05) is 0 Å². The maximum absolute atomic E-state index is 12.1. The van der Waals surface area contributed by atoms with Crippen molar-refractivity contribution < 1.29 is 18.3 Å². The zero-order chi connectivity index (χ0) is 10.8. The van der Waals surface area contributed by atoms with Crippen LogP contribution in [-0.4, -0.2) is 11.3 Å². The van der Waals surface area contributed by atoms with Gasteiger partial charge >= 0.3 is 6.18 Å². The van der Waals surface area contributed by atoms with Crippen LogP contribution in [0.4, 0.5) is 13.2 Å². The molecule has 0 spiro atoms. The predicted octanol–water partition coefficient (Wildman–Crippen LogP) is 2.26. The van der Waals surface area contributed by atoms with Crippen LogP contribution in [0, 0.1) is 12.3 Å². The third-order valence-corrected chi connectivity index (χ3v) is 1.68. The maximum Gasteiger partial charge on any atom is 0.418 e. The summed E-state index contributed by atoms with van der Waals surface area (Å²) < 4.78 is 36.2. The van der Waals surface area contributed by atoms with E-state index >= 15 is 0 Å². The number of halogens is 3. The Balaban J connectivity index is 3.03. The first-order valence-electron chi connectivity index (χ1n) is 3.76. The summed E-state index contributed by atoms with van der Waals surface area (Å²) >= 11 is 0. The lowest BCUT2D eigenvalue weighted by Crippen LogP contribution is -2.20. The smallest absolute Gasteiger partial charge is 0.379 e. The van der Waals surface area contributed by atoms with Gasteiger partial charge in [-0.2, -0.15) is 13.2 Å². The summed E-state index contributed by atoms with van der Waals surface area (Å²) in [5.74, 6) is 2.20. The Kier molecular flexibility index (Phi) is 2.82. The first-order valence-corrected chi connectivity index (χ1v) is 3.76. The molecule has 1 atom stereocenters. The predicted molar refractivity (Wildman–Crippen MR) is 45.4 cm³/mol. The number of hydrogen-bond acceptors (Lipinski definition) is 1. The van der Waals surface area contributed by atoms with Gasteiger partial charge in [-0.15, -0.1) is 6.42 Å². The second-order valence-corrected chi connectivity index (χ2v) is 2.71. The lowest BCUT2D eigenvalue weighted by molar-refractivity contribution is -0.206. The molecule has 14 heavy (non-hydrogen) atoms. The zero-order valence-electron chi connectivity index (χ0n) is 7.05. The molecule has 74 valence electrons. The average molecular weight is 200 g/mol. The SMILES string of the molecule is C#Cc1cccc([C@@H](O)C(F)(F)F)c1. The molecule has 0 aromatic heterocycles. The Labute approximate surface area is 79.2 Å². The number of benzene rings is 1. The van der Waals surface area contributed by atoms with E-state index in [-0.39, 0.29) is 5.56 Å². The van der Waals surface area contributed by atoms with Gasteiger partial charge < -0.3 is 5.11 Å². The van der Waals surface area contributed by atoms with Gasteiger partial charge in [0.1, 0.15) is 0 Å². The normalized spacial score (nSPS) is 13.4. The van der Waals surface area contributed by atoms with E-state index in [4.69, 9.17) is 11.5 Å². The van der Waals surface area contributed by atoms with E-state index in [1.165, 1.54) is 18.2 Å². The Morgan fingerprint density at radius 1 is 1.36 bits per heavy atom. The summed E-state index contributed by atoms with van der Waals surface area (Å²) in [6.45, 7) is 0. The van der Waals surface area contributed by atoms with Crippen molar-refractivity contribution in [2.45, 2.75) is 12.3 Å². The molecule has 1 N–H and O–H groups in total. The van der Waals surface area contributed by atoms with Gasteiger partial charge in [0, 0.05) is 5.56 Å². The van der Waals surface area contributed by atoms with Crippen molar-refractivity contribution in [3.05, 3.63) is 35.4 Å². The summed E-state index contributed by atoms with van der Waals surface area (Å²) in [5, 5.41) is 8.88. The molecular formula is C10H7F3O. The highest BCUT2D eigenvalue weighted by molar-refractivity contribution is 5.36. The Hall–Kier alpha value is -1.47. The van der Waals surface area contributed by atoms with Crippen molar-refractivity contribution in [3.63, 3.8) is 0 Å². The number of hydrogen-bond donors (Lipinski definition) is 1. The van der Waals surface area contributed by atoms with Crippen LogP contribution in [0.3, 0.4) is 0 Å².